The van der Waals surface area contributed by atoms with Gasteiger partial charge < -0.3 is 14.8 Å². The molecule has 0 unspecified atom stereocenters. The predicted octanol–water partition coefficient (Wildman–Crippen LogP) is 3.28. The predicted molar refractivity (Wildman–Crippen MR) is 94.5 cm³/mol. The first kappa shape index (κ1) is 18.8. The van der Waals surface area contributed by atoms with E-state index in [1.54, 1.807) is 18.2 Å². The summed E-state index contributed by atoms with van der Waals surface area (Å²) >= 11 is 1.50. The van der Waals surface area contributed by atoms with E-state index in [-0.39, 0.29) is 12.2 Å². The average Bonchev–Trinajstić information content (AvgIpc) is 2.60. The summed E-state index contributed by atoms with van der Waals surface area (Å²) in [6, 6.07) is 11.5. The molecule has 0 aliphatic carbocycles. The topological polar surface area (TPSA) is 64.6 Å². The second-order valence-electron chi connectivity index (χ2n) is 5.05. The third-order valence-corrected chi connectivity index (χ3v) is 4.11. The van der Waals surface area contributed by atoms with Crippen LogP contribution >= 0.6 is 11.8 Å². The Kier molecular flexibility index (Phi) is 6.82. The van der Waals surface area contributed by atoms with E-state index in [9.17, 15) is 14.0 Å². The van der Waals surface area contributed by atoms with Crippen LogP contribution in [0, 0.1) is 5.82 Å². The zero-order valence-corrected chi connectivity index (χ0v) is 14.7. The number of ether oxygens (including phenoxy) is 2. The fourth-order valence-electron chi connectivity index (χ4n) is 2.12. The first-order chi connectivity index (χ1) is 12.0. The van der Waals surface area contributed by atoms with Crippen molar-refractivity contribution in [2.75, 3.05) is 25.3 Å². The lowest BCUT2D eigenvalue weighted by atomic mass is 10.1. The highest BCUT2D eigenvalue weighted by Crippen LogP contribution is 2.24. The number of para-hydroxylation sites is 1. The number of hydrogen-bond acceptors (Lipinski definition) is 5. The van der Waals surface area contributed by atoms with Crippen LogP contribution in [0.2, 0.25) is 0 Å². The Labute approximate surface area is 149 Å². The van der Waals surface area contributed by atoms with Crippen molar-refractivity contribution < 1.29 is 23.5 Å². The summed E-state index contributed by atoms with van der Waals surface area (Å²) in [4.78, 5) is 24.6. The molecule has 0 aromatic heterocycles. The Hall–Kier alpha value is -2.54. The highest BCUT2D eigenvalue weighted by molar-refractivity contribution is 7.98. The van der Waals surface area contributed by atoms with Gasteiger partial charge in [-0.15, -0.1) is 11.8 Å². The van der Waals surface area contributed by atoms with Gasteiger partial charge >= 0.3 is 5.97 Å². The van der Waals surface area contributed by atoms with E-state index in [2.05, 4.69) is 5.32 Å². The summed E-state index contributed by atoms with van der Waals surface area (Å²) in [5.74, 6) is -1.50. The van der Waals surface area contributed by atoms with Gasteiger partial charge in [0, 0.05) is 4.90 Å². The van der Waals surface area contributed by atoms with Crippen LogP contribution in [0.5, 0.6) is 5.75 Å². The lowest BCUT2D eigenvalue weighted by molar-refractivity contribution is -0.146. The molecule has 2 aromatic carbocycles. The zero-order chi connectivity index (χ0) is 18.2. The highest BCUT2D eigenvalue weighted by Gasteiger charge is 2.12. The molecule has 0 saturated heterocycles. The number of benzene rings is 2. The Morgan fingerprint density at radius 3 is 2.64 bits per heavy atom. The van der Waals surface area contributed by atoms with Gasteiger partial charge in [0.1, 0.15) is 0 Å². The molecule has 5 nitrogen and oxygen atoms in total. The van der Waals surface area contributed by atoms with Gasteiger partial charge in [-0.2, -0.15) is 0 Å². The van der Waals surface area contributed by atoms with Crippen LogP contribution in [0.15, 0.2) is 47.4 Å². The van der Waals surface area contributed by atoms with Crippen molar-refractivity contribution in [1.29, 1.82) is 0 Å². The number of methoxy groups -OCH3 is 1. The summed E-state index contributed by atoms with van der Waals surface area (Å²) in [5, 5.41) is 2.69. The van der Waals surface area contributed by atoms with E-state index in [0.29, 0.717) is 11.3 Å². The van der Waals surface area contributed by atoms with Crippen LogP contribution in [0.4, 0.5) is 10.1 Å². The second kappa shape index (κ2) is 9.08. The molecule has 0 spiro atoms. The number of nitrogens with one attached hydrogen (secondary N) is 1. The van der Waals surface area contributed by atoms with Gasteiger partial charge in [0.05, 0.1) is 19.2 Å². The Morgan fingerprint density at radius 1 is 1.20 bits per heavy atom. The van der Waals surface area contributed by atoms with E-state index in [1.165, 1.54) is 31.0 Å². The molecule has 1 amide bonds. The largest absolute Gasteiger partial charge is 0.494 e. The number of amides is 1. The van der Waals surface area contributed by atoms with E-state index in [4.69, 9.17) is 9.47 Å². The molecular formula is C18H18FNO4S. The van der Waals surface area contributed by atoms with Crippen molar-refractivity contribution in [2.24, 2.45) is 0 Å². The molecule has 0 saturated carbocycles. The lowest BCUT2D eigenvalue weighted by Gasteiger charge is -2.10. The molecule has 2 aromatic rings. The minimum atomic E-state index is -0.613. The number of anilines is 1. The van der Waals surface area contributed by atoms with Crippen LogP contribution in [0.3, 0.4) is 0 Å². The summed E-state index contributed by atoms with van der Waals surface area (Å²) in [6.45, 7) is -0.403. The molecule has 0 radical (unpaired) electrons. The first-order valence-corrected chi connectivity index (χ1v) is 8.67. The van der Waals surface area contributed by atoms with Crippen LogP contribution in [0.1, 0.15) is 5.56 Å². The molecule has 0 bridgehead atoms. The maximum atomic E-state index is 13.6. The van der Waals surface area contributed by atoms with Crippen molar-refractivity contribution in [3.63, 3.8) is 0 Å². The van der Waals surface area contributed by atoms with E-state index in [1.807, 2.05) is 18.4 Å². The summed E-state index contributed by atoms with van der Waals surface area (Å²) < 4.78 is 23.3. The number of halogens is 1. The van der Waals surface area contributed by atoms with Gasteiger partial charge in [-0.1, -0.05) is 18.2 Å². The molecule has 0 atom stereocenters. The maximum absolute atomic E-state index is 13.6. The molecular weight excluding hydrogens is 345 g/mol. The molecule has 1 N–H and O–H groups in total. The van der Waals surface area contributed by atoms with Gasteiger partial charge in [0.25, 0.3) is 5.91 Å². The maximum Gasteiger partial charge on any atom is 0.310 e. The quantitative estimate of drug-likeness (QED) is 0.604. The number of hydrogen-bond donors (Lipinski definition) is 1. The first-order valence-electron chi connectivity index (χ1n) is 7.44. The van der Waals surface area contributed by atoms with Gasteiger partial charge in [-0.3, -0.25) is 9.59 Å². The molecule has 25 heavy (non-hydrogen) atoms. The van der Waals surface area contributed by atoms with Crippen LogP contribution in [0.25, 0.3) is 0 Å². The molecule has 7 heteroatoms. The number of carbonyl (C=O) groups is 2. The average molecular weight is 363 g/mol. The number of rotatable bonds is 7. The van der Waals surface area contributed by atoms with Gasteiger partial charge in [0.15, 0.2) is 18.2 Å². The second-order valence-corrected chi connectivity index (χ2v) is 5.90. The fraction of sp³-hybridized carbons (Fsp3) is 0.222. The summed E-state index contributed by atoms with van der Waals surface area (Å²) in [5.41, 5.74) is 1.10. The smallest absolute Gasteiger partial charge is 0.310 e. The Morgan fingerprint density at radius 2 is 1.96 bits per heavy atom. The van der Waals surface area contributed by atoms with E-state index >= 15 is 0 Å². The van der Waals surface area contributed by atoms with Crippen molar-refractivity contribution >= 4 is 29.3 Å². The third kappa shape index (κ3) is 5.49. The van der Waals surface area contributed by atoms with Gasteiger partial charge in [-0.25, -0.2) is 4.39 Å². The van der Waals surface area contributed by atoms with Crippen LogP contribution in [-0.4, -0.2) is 31.8 Å². The Balaban J connectivity index is 1.85. The fourth-order valence-corrected chi connectivity index (χ4v) is 2.67. The Bertz CT molecular complexity index is 766. The molecule has 0 aliphatic heterocycles. The minimum absolute atomic E-state index is 0.101. The third-order valence-electron chi connectivity index (χ3n) is 3.31. The van der Waals surface area contributed by atoms with Crippen molar-refractivity contribution in [1.82, 2.24) is 0 Å². The monoisotopic (exact) mass is 363 g/mol. The molecule has 0 heterocycles. The SMILES string of the molecule is COc1ccc(CC(=O)OCC(=O)Nc2ccccc2SC)cc1F. The highest BCUT2D eigenvalue weighted by atomic mass is 32.2. The van der Waals surface area contributed by atoms with Crippen LogP contribution < -0.4 is 10.1 Å². The minimum Gasteiger partial charge on any atom is -0.494 e. The van der Waals surface area contributed by atoms with Gasteiger partial charge in [0.2, 0.25) is 0 Å². The lowest BCUT2D eigenvalue weighted by Crippen LogP contribution is -2.22. The summed E-state index contributed by atoms with van der Waals surface area (Å²) in [7, 11) is 1.36. The van der Waals surface area contributed by atoms with Crippen LogP contribution in [-0.2, 0) is 20.7 Å². The van der Waals surface area contributed by atoms with Crippen molar-refractivity contribution in [3.05, 3.63) is 53.8 Å². The molecule has 132 valence electrons. The number of carbonyl (C=O) groups excluding carboxylic acids is 2. The number of esters is 1. The standard InChI is InChI=1S/C18H18FNO4S/c1-23-15-8-7-12(9-13(15)19)10-18(22)24-11-17(21)20-14-5-3-4-6-16(14)25-2/h3-9H,10-11H2,1-2H3,(H,20,21). The van der Waals surface area contributed by atoms with Gasteiger partial charge in [-0.05, 0) is 36.1 Å². The molecule has 0 aliphatic rings. The van der Waals surface area contributed by atoms with E-state index < -0.39 is 24.3 Å². The molecule has 0 fully saturated rings. The van der Waals surface area contributed by atoms with Crippen molar-refractivity contribution in [2.45, 2.75) is 11.3 Å². The van der Waals surface area contributed by atoms with Crippen molar-refractivity contribution in [3.8, 4) is 5.75 Å². The molecule has 2 rings (SSSR count). The summed E-state index contributed by atoms with van der Waals surface area (Å²) in [6.07, 6.45) is 1.77. The van der Waals surface area contributed by atoms with E-state index in [0.717, 1.165) is 4.90 Å². The normalized spacial score (nSPS) is 10.2. The number of thioether (sulfide) groups is 1. The zero-order valence-electron chi connectivity index (χ0n) is 13.9.